The van der Waals surface area contributed by atoms with E-state index in [9.17, 15) is 4.79 Å². The number of nitrogens with one attached hydrogen (secondary N) is 2. The van der Waals surface area contributed by atoms with E-state index in [2.05, 4.69) is 33.5 Å². The van der Waals surface area contributed by atoms with Gasteiger partial charge in [0.05, 0.1) is 12.2 Å². The van der Waals surface area contributed by atoms with Gasteiger partial charge in [0.2, 0.25) is 0 Å². The maximum absolute atomic E-state index is 12.4. The zero-order valence-corrected chi connectivity index (χ0v) is 16.2. The molecule has 0 radical (unpaired) electrons. The lowest BCUT2D eigenvalue weighted by molar-refractivity contribution is 0.0972. The second-order valence-corrected chi connectivity index (χ2v) is 6.58. The van der Waals surface area contributed by atoms with E-state index in [0.29, 0.717) is 23.0 Å². The van der Waals surface area contributed by atoms with Gasteiger partial charge in [0.15, 0.2) is 5.11 Å². The summed E-state index contributed by atoms with van der Waals surface area (Å²) in [6, 6.07) is 5.42. The van der Waals surface area contributed by atoms with Gasteiger partial charge in [-0.25, -0.2) is 0 Å². The molecule has 1 aromatic rings. The second kappa shape index (κ2) is 11.4. The lowest BCUT2D eigenvalue weighted by Gasteiger charge is -2.13. The quantitative estimate of drug-likeness (QED) is 0.475. The van der Waals surface area contributed by atoms with E-state index >= 15 is 0 Å². The van der Waals surface area contributed by atoms with Crippen LogP contribution in [0.2, 0.25) is 0 Å². The van der Waals surface area contributed by atoms with Crippen LogP contribution in [-0.4, -0.2) is 24.2 Å². The molecule has 1 aromatic carbocycles. The Labute approximate surface area is 152 Å². The van der Waals surface area contributed by atoms with Crippen LogP contribution in [0.25, 0.3) is 0 Å². The van der Waals surface area contributed by atoms with Crippen molar-refractivity contribution in [1.82, 2.24) is 10.6 Å². The minimum atomic E-state index is -0.261. The van der Waals surface area contributed by atoms with Gasteiger partial charge in [0.1, 0.15) is 5.75 Å². The van der Waals surface area contributed by atoms with Crippen molar-refractivity contribution in [2.24, 2.45) is 0 Å². The van der Waals surface area contributed by atoms with Gasteiger partial charge in [-0.2, -0.15) is 0 Å². The molecular weight excluding hydrogens is 376 g/mol. The Kier molecular flexibility index (Phi) is 9.87. The molecule has 0 saturated heterocycles. The summed E-state index contributed by atoms with van der Waals surface area (Å²) in [4.78, 5) is 12.4. The van der Waals surface area contributed by atoms with Gasteiger partial charge in [-0.05, 0) is 43.3 Å². The third-order valence-corrected chi connectivity index (χ3v) is 3.94. The fraction of sp³-hybridized carbons (Fsp3) is 0.529. The van der Waals surface area contributed by atoms with Crippen LogP contribution >= 0.6 is 28.1 Å². The number of ether oxygens (including phenoxy) is 1. The third-order valence-electron chi connectivity index (χ3n) is 3.20. The molecule has 0 aliphatic heterocycles. The summed E-state index contributed by atoms with van der Waals surface area (Å²) in [6.07, 6.45) is 5.46. The Balaban J connectivity index is 2.66. The van der Waals surface area contributed by atoms with Crippen LogP contribution in [0.4, 0.5) is 0 Å². The second-order valence-electron chi connectivity index (χ2n) is 5.26. The van der Waals surface area contributed by atoms with Gasteiger partial charge in [0.25, 0.3) is 5.91 Å². The number of carbonyl (C=O) groups excluding carboxylic acids is 1. The van der Waals surface area contributed by atoms with Crippen LogP contribution in [0, 0.1) is 0 Å². The Hall–Kier alpha value is -1.14. The van der Waals surface area contributed by atoms with Crippen molar-refractivity contribution in [3.05, 3.63) is 28.2 Å². The highest BCUT2D eigenvalue weighted by Crippen LogP contribution is 2.23. The number of thiocarbonyl (C=S) groups is 1. The molecular formula is C17H25BrN2O2S. The van der Waals surface area contributed by atoms with Crippen molar-refractivity contribution in [3.63, 3.8) is 0 Å². The number of hydrogen-bond donors (Lipinski definition) is 2. The van der Waals surface area contributed by atoms with Crippen LogP contribution < -0.4 is 15.4 Å². The molecule has 6 heteroatoms. The summed E-state index contributed by atoms with van der Waals surface area (Å²) in [7, 11) is 0. The molecule has 0 atom stereocenters. The number of benzene rings is 1. The molecule has 0 aliphatic rings. The van der Waals surface area contributed by atoms with Gasteiger partial charge in [-0.15, -0.1) is 0 Å². The number of carbonyl (C=O) groups is 1. The molecule has 23 heavy (non-hydrogen) atoms. The highest BCUT2D eigenvalue weighted by molar-refractivity contribution is 9.10. The molecule has 0 heterocycles. The summed E-state index contributed by atoms with van der Waals surface area (Å²) in [6.45, 7) is 5.56. The van der Waals surface area contributed by atoms with Crippen molar-refractivity contribution in [2.75, 3.05) is 13.2 Å². The first-order chi connectivity index (χ1) is 11.1. The molecule has 0 aliphatic carbocycles. The van der Waals surface area contributed by atoms with Gasteiger partial charge in [-0.1, -0.05) is 49.0 Å². The highest BCUT2D eigenvalue weighted by atomic mass is 79.9. The zero-order valence-electron chi connectivity index (χ0n) is 13.8. The summed E-state index contributed by atoms with van der Waals surface area (Å²) < 4.78 is 6.60. The first kappa shape index (κ1) is 19.9. The lowest BCUT2D eigenvalue weighted by atomic mass is 10.2. The molecule has 2 N–H and O–H groups in total. The molecule has 1 rings (SSSR count). The fourth-order valence-corrected chi connectivity index (χ4v) is 2.53. The van der Waals surface area contributed by atoms with Crippen LogP contribution in [0.1, 0.15) is 56.3 Å². The fourth-order valence-electron chi connectivity index (χ4n) is 1.97. The number of hydrogen-bond acceptors (Lipinski definition) is 3. The van der Waals surface area contributed by atoms with E-state index in [1.165, 1.54) is 12.8 Å². The SMILES string of the molecule is CCCCCCOc1ccc(Br)cc1C(=O)NC(=S)NCCC. The van der Waals surface area contributed by atoms with Crippen molar-refractivity contribution in [1.29, 1.82) is 0 Å². The molecule has 128 valence electrons. The number of halogens is 1. The van der Waals surface area contributed by atoms with Crippen LogP contribution in [0.5, 0.6) is 5.75 Å². The minimum Gasteiger partial charge on any atom is -0.493 e. The Morgan fingerprint density at radius 3 is 2.70 bits per heavy atom. The standard InChI is InChI=1S/C17H25BrN2O2S/c1-3-5-6-7-11-22-15-9-8-13(18)12-14(15)16(21)20-17(23)19-10-4-2/h8-9,12H,3-7,10-11H2,1-2H3,(H2,19,20,21,23). The molecule has 0 spiro atoms. The normalized spacial score (nSPS) is 10.2. The van der Waals surface area contributed by atoms with Crippen molar-refractivity contribution in [2.45, 2.75) is 46.0 Å². The first-order valence-corrected chi connectivity index (χ1v) is 9.30. The van der Waals surface area contributed by atoms with Crippen LogP contribution in [-0.2, 0) is 0 Å². The van der Waals surface area contributed by atoms with Crippen LogP contribution in [0.15, 0.2) is 22.7 Å². The summed E-state index contributed by atoms with van der Waals surface area (Å²) in [5.41, 5.74) is 0.482. The minimum absolute atomic E-state index is 0.261. The molecule has 1 amide bonds. The van der Waals surface area contributed by atoms with Crippen molar-refractivity contribution >= 4 is 39.2 Å². The smallest absolute Gasteiger partial charge is 0.261 e. The molecule has 0 fully saturated rings. The van der Waals surface area contributed by atoms with Gasteiger partial charge < -0.3 is 10.1 Å². The molecule has 4 nitrogen and oxygen atoms in total. The highest BCUT2D eigenvalue weighted by Gasteiger charge is 2.14. The van der Waals surface area contributed by atoms with Crippen molar-refractivity contribution < 1.29 is 9.53 Å². The van der Waals surface area contributed by atoms with Crippen molar-refractivity contribution in [3.8, 4) is 5.75 Å². The molecule has 0 bridgehead atoms. The zero-order chi connectivity index (χ0) is 17.1. The summed E-state index contributed by atoms with van der Waals surface area (Å²) in [5, 5.41) is 6.01. The average Bonchev–Trinajstić information content (AvgIpc) is 2.53. The maximum atomic E-state index is 12.4. The van der Waals surface area contributed by atoms with E-state index in [-0.39, 0.29) is 5.91 Å². The van der Waals surface area contributed by atoms with Gasteiger partial charge >= 0.3 is 0 Å². The van der Waals surface area contributed by atoms with E-state index in [0.717, 1.165) is 30.3 Å². The average molecular weight is 401 g/mol. The summed E-state index contributed by atoms with van der Waals surface area (Å²) in [5.74, 6) is 0.323. The Morgan fingerprint density at radius 2 is 2.00 bits per heavy atom. The predicted molar refractivity (Wildman–Crippen MR) is 102 cm³/mol. The maximum Gasteiger partial charge on any atom is 0.261 e. The third kappa shape index (κ3) is 7.79. The molecule has 0 saturated carbocycles. The number of rotatable bonds is 9. The van der Waals surface area contributed by atoms with E-state index in [4.69, 9.17) is 17.0 Å². The predicted octanol–water partition coefficient (Wildman–Crippen LogP) is 4.42. The van der Waals surface area contributed by atoms with E-state index in [1.54, 1.807) is 12.1 Å². The number of amides is 1. The lowest BCUT2D eigenvalue weighted by Crippen LogP contribution is -2.39. The monoisotopic (exact) mass is 400 g/mol. The molecule has 0 unspecified atom stereocenters. The Bertz CT molecular complexity index is 523. The topological polar surface area (TPSA) is 50.4 Å². The molecule has 0 aromatic heterocycles. The largest absolute Gasteiger partial charge is 0.493 e. The first-order valence-electron chi connectivity index (χ1n) is 8.10. The number of unbranched alkanes of at least 4 members (excludes halogenated alkanes) is 3. The summed E-state index contributed by atoms with van der Waals surface area (Å²) >= 11 is 8.50. The van der Waals surface area contributed by atoms with E-state index < -0.39 is 0 Å². The Morgan fingerprint density at radius 1 is 1.22 bits per heavy atom. The van der Waals surface area contributed by atoms with Gasteiger partial charge in [0, 0.05) is 11.0 Å². The van der Waals surface area contributed by atoms with E-state index in [1.807, 2.05) is 13.0 Å². The van der Waals surface area contributed by atoms with Crippen LogP contribution in [0.3, 0.4) is 0 Å². The van der Waals surface area contributed by atoms with Gasteiger partial charge in [-0.3, -0.25) is 10.1 Å².